The highest BCUT2D eigenvalue weighted by Gasteiger charge is 2.29. The summed E-state index contributed by atoms with van der Waals surface area (Å²) < 4.78 is 0. The van der Waals surface area contributed by atoms with E-state index in [1.54, 1.807) is 24.3 Å². The lowest BCUT2D eigenvalue weighted by Crippen LogP contribution is -2.30. The number of anilines is 2. The first-order valence-corrected chi connectivity index (χ1v) is 8.57. The van der Waals surface area contributed by atoms with E-state index in [1.165, 1.54) is 0 Å². The van der Waals surface area contributed by atoms with Crippen molar-refractivity contribution in [3.63, 3.8) is 0 Å². The average molecular weight is 374 g/mol. The summed E-state index contributed by atoms with van der Waals surface area (Å²) in [6.07, 6.45) is 1.94. The van der Waals surface area contributed by atoms with Gasteiger partial charge in [-0.3, -0.25) is 9.59 Å². The van der Waals surface area contributed by atoms with Gasteiger partial charge >= 0.3 is 0 Å². The number of nitrogens with one attached hydrogen (secondary N) is 2. The minimum absolute atomic E-state index is 0. The number of rotatable bonds is 6. The highest BCUT2D eigenvalue weighted by Crippen LogP contribution is 2.30. The molecule has 0 aliphatic heterocycles. The molecular formula is C20H24ClN3O2. The van der Waals surface area contributed by atoms with Crippen LogP contribution in [0.25, 0.3) is 0 Å². The van der Waals surface area contributed by atoms with Gasteiger partial charge in [0.25, 0.3) is 0 Å². The van der Waals surface area contributed by atoms with Gasteiger partial charge in [-0.1, -0.05) is 37.3 Å². The Labute approximate surface area is 159 Å². The smallest absolute Gasteiger partial charge is 0.229 e. The Kier molecular flexibility index (Phi) is 6.77. The third-order valence-corrected chi connectivity index (χ3v) is 4.50. The first kappa shape index (κ1) is 19.9. The molecule has 138 valence electrons. The van der Waals surface area contributed by atoms with Crippen molar-refractivity contribution >= 4 is 35.6 Å². The van der Waals surface area contributed by atoms with Gasteiger partial charge in [0, 0.05) is 23.3 Å². The largest absolute Gasteiger partial charge is 0.326 e. The zero-order valence-electron chi connectivity index (χ0n) is 14.6. The Balaban J connectivity index is 0.00000243. The van der Waals surface area contributed by atoms with Crippen molar-refractivity contribution in [1.29, 1.82) is 0 Å². The molecular weight excluding hydrogens is 350 g/mol. The zero-order valence-corrected chi connectivity index (χ0v) is 15.5. The number of nitrogens with two attached hydrogens (primary N) is 1. The molecule has 0 aromatic heterocycles. The summed E-state index contributed by atoms with van der Waals surface area (Å²) >= 11 is 0. The van der Waals surface area contributed by atoms with E-state index in [1.807, 2.05) is 37.3 Å². The van der Waals surface area contributed by atoms with E-state index in [-0.39, 0.29) is 42.1 Å². The second-order valence-electron chi connectivity index (χ2n) is 6.56. The van der Waals surface area contributed by atoms with Crippen molar-refractivity contribution in [3.8, 4) is 0 Å². The van der Waals surface area contributed by atoms with Crippen molar-refractivity contribution in [2.75, 3.05) is 10.6 Å². The van der Waals surface area contributed by atoms with Crippen LogP contribution in [0.2, 0.25) is 0 Å². The Hall–Kier alpha value is -2.37. The van der Waals surface area contributed by atoms with Crippen molar-refractivity contribution in [2.45, 2.75) is 25.8 Å². The Morgan fingerprint density at radius 1 is 0.962 bits per heavy atom. The van der Waals surface area contributed by atoms with Gasteiger partial charge in [0.2, 0.25) is 11.8 Å². The molecule has 0 bridgehead atoms. The van der Waals surface area contributed by atoms with E-state index in [0.29, 0.717) is 5.69 Å². The fraction of sp³-hybridized carbons (Fsp3) is 0.300. The summed E-state index contributed by atoms with van der Waals surface area (Å²) in [5, 5.41) is 5.75. The van der Waals surface area contributed by atoms with Crippen molar-refractivity contribution < 1.29 is 9.59 Å². The van der Waals surface area contributed by atoms with Gasteiger partial charge in [0.05, 0.1) is 5.92 Å². The van der Waals surface area contributed by atoms with Gasteiger partial charge in [0.15, 0.2) is 0 Å². The van der Waals surface area contributed by atoms with E-state index in [4.69, 9.17) is 5.73 Å². The average Bonchev–Trinajstić information content (AvgIpc) is 3.48. The number of hydrogen-bond acceptors (Lipinski definition) is 3. The predicted molar refractivity (Wildman–Crippen MR) is 106 cm³/mol. The van der Waals surface area contributed by atoms with Gasteiger partial charge in [0.1, 0.15) is 0 Å². The summed E-state index contributed by atoms with van der Waals surface area (Å²) in [7, 11) is 0. The molecule has 2 aromatic carbocycles. The first-order chi connectivity index (χ1) is 12.0. The molecule has 6 heteroatoms. The normalized spacial score (nSPS) is 15.3. The van der Waals surface area contributed by atoms with Crippen LogP contribution in [0.1, 0.15) is 31.4 Å². The molecule has 0 heterocycles. The summed E-state index contributed by atoms with van der Waals surface area (Å²) in [6, 6.07) is 16.4. The van der Waals surface area contributed by atoms with Gasteiger partial charge in [-0.05, 0) is 42.7 Å². The third-order valence-electron chi connectivity index (χ3n) is 4.50. The van der Waals surface area contributed by atoms with Gasteiger partial charge in [-0.2, -0.15) is 0 Å². The summed E-state index contributed by atoms with van der Waals surface area (Å²) in [4.78, 5) is 24.2. The van der Waals surface area contributed by atoms with E-state index < -0.39 is 0 Å². The molecule has 0 saturated heterocycles. The topological polar surface area (TPSA) is 84.2 Å². The molecule has 2 atom stereocenters. The van der Waals surface area contributed by atoms with Crippen LogP contribution in [0.3, 0.4) is 0 Å². The van der Waals surface area contributed by atoms with Crippen LogP contribution in [0.15, 0.2) is 54.6 Å². The van der Waals surface area contributed by atoms with Crippen LogP contribution in [0.4, 0.5) is 11.4 Å². The minimum Gasteiger partial charge on any atom is -0.326 e. The summed E-state index contributed by atoms with van der Waals surface area (Å²) in [6.45, 7) is 1.82. The van der Waals surface area contributed by atoms with Gasteiger partial charge in [-0.15, -0.1) is 12.4 Å². The highest BCUT2D eigenvalue weighted by atomic mass is 35.5. The lowest BCUT2D eigenvalue weighted by molar-refractivity contribution is -0.120. The van der Waals surface area contributed by atoms with Crippen molar-refractivity contribution in [2.24, 2.45) is 17.6 Å². The van der Waals surface area contributed by atoms with Crippen LogP contribution >= 0.6 is 12.4 Å². The van der Waals surface area contributed by atoms with Crippen molar-refractivity contribution in [3.05, 3.63) is 60.2 Å². The van der Waals surface area contributed by atoms with Crippen LogP contribution in [0.5, 0.6) is 0 Å². The van der Waals surface area contributed by atoms with E-state index in [2.05, 4.69) is 10.6 Å². The maximum absolute atomic E-state index is 12.4. The van der Waals surface area contributed by atoms with Crippen molar-refractivity contribution in [1.82, 2.24) is 0 Å². The quantitative estimate of drug-likeness (QED) is 0.721. The molecule has 1 fully saturated rings. The Bertz CT molecular complexity index is 745. The van der Waals surface area contributed by atoms with Crippen LogP contribution < -0.4 is 16.4 Å². The molecule has 26 heavy (non-hydrogen) atoms. The summed E-state index contributed by atoms with van der Waals surface area (Å²) in [5.74, 6) is -0.262. The summed E-state index contributed by atoms with van der Waals surface area (Å²) in [5.41, 5.74) is 8.55. The maximum Gasteiger partial charge on any atom is 0.229 e. The first-order valence-electron chi connectivity index (χ1n) is 8.57. The molecule has 4 N–H and O–H groups in total. The van der Waals surface area contributed by atoms with Gasteiger partial charge < -0.3 is 16.4 Å². The van der Waals surface area contributed by atoms with E-state index >= 15 is 0 Å². The molecule has 0 spiro atoms. The lowest BCUT2D eigenvalue weighted by atomic mass is 9.94. The lowest BCUT2D eigenvalue weighted by Gasteiger charge is -2.20. The molecule has 1 aliphatic carbocycles. The molecule has 2 aromatic rings. The number of carbonyl (C=O) groups excluding carboxylic acids is 2. The van der Waals surface area contributed by atoms with Crippen LogP contribution in [-0.4, -0.2) is 11.8 Å². The third kappa shape index (κ3) is 5.07. The van der Waals surface area contributed by atoms with Crippen LogP contribution in [0, 0.1) is 11.8 Å². The van der Waals surface area contributed by atoms with Crippen LogP contribution in [-0.2, 0) is 9.59 Å². The molecule has 2 unspecified atom stereocenters. The van der Waals surface area contributed by atoms with E-state index in [9.17, 15) is 9.59 Å². The Morgan fingerprint density at radius 2 is 1.50 bits per heavy atom. The molecule has 1 aliphatic rings. The highest BCUT2D eigenvalue weighted by molar-refractivity contribution is 5.95. The monoisotopic (exact) mass is 373 g/mol. The Morgan fingerprint density at radius 3 is 2.04 bits per heavy atom. The number of hydrogen-bond donors (Lipinski definition) is 3. The molecule has 0 radical (unpaired) electrons. The molecule has 5 nitrogen and oxygen atoms in total. The molecule has 1 saturated carbocycles. The predicted octanol–water partition coefficient (Wildman–Crippen LogP) is 3.73. The standard InChI is InChI=1S/C20H23N3O2.ClH/c1-13(18(21)14-5-3-2-4-6-14)19(24)22-16-9-11-17(12-10-16)23-20(25)15-7-8-15;/h2-6,9-13,15,18H,7-8,21H2,1H3,(H,22,24)(H,23,25);1H. The molecule has 2 amide bonds. The number of carbonyl (C=O) groups is 2. The molecule has 3 rings (SSSR count). The van der Waals surface area contributed by atoms with Gasteiger partial charge in [-0.25, -0.2) is 0 Å². The number of amides is 2. The fourth-order valence-corrected chi connectivity index (χ4v) is 2.61. The zero-order chi connectivity index (χ0) is 17.8. The second-order valence-corrected chi connectivity index (χ2v) is 6.56. The maximum atomic E-state index is 12.4. The minimum atomic E-state index is -0.364. The fourth-order valence-electron chi connectivity index (χ4n) is 2.61. The van der Waals surface area contributed by atoms with E-state index in [0.717, 1.165) is 24.1 Å². The second kappa shape index (κ2) is 8.83. The SMILES string of the molecule is CC(C(=O)Nc1ccc(NC(=O)C2CC2)cc1)C(N)c1ccccc1.Cl. The number of halogens is 1. The number of benzene rings is 2.